The molecule has 94 valence electrons. The van der Waals surface area contributed by atoms with E-state index in [9.17, 15) is 0 Å². The monoisotopic (exact) mass is 234 g/mol. The molecule has 3 heteroatoms. The lowest BCUT2D eigenvalue weighted by molar-refractivity contribution is 0.340. The van der Waals surface area contributed by atoms with E-state index in [0.29, 0.717) is 13.2 Å². The molecule has 0 bridgehead atoms. The number of rotatable bonds is 5. The first-order valence-corrected chi connectivity index (χ1v) is 6.56. The molecule has 0 aromatic heterocycles. The molecule has 1 aromatic rings. The molecule has 1 aliphatic heterocycles. The highest BCUT2D eigenvalue weighted by Crippen LogP contribution is 2.32. The summed E-state index contributed by atoms with van der Waals surface area (Å²) in [5, 5.41) is 0. The van der Waals surface area contributed by atoms with Gasteiger partial charge in [-0.25, -0.2) is 0 Å². The van der Waals surface area contributed by atoms with Crippen LogP contribution in [0.5, 0.6) is 5.75 Å². The maximum absolute atomic E-state index is 5.75. The smallest absolute Gasteiger partial charge is 0.142 e. The molecule has 2 rings (SSSR count). The van der Waals surface area contributed by atoms with Crippen molar-refractivity contribution in [2.45, 2.75) is 26.2 Å². The SMILES string of the molecule is CCOc1cc(CCN)ccc1N1CCCC1. The Morgan fingerprint density at radius 2 is 2.06 bits per heavy atom. The normalized spacial score (nSPS) is 15.3. The van der Waals surface area contributed by atoms with Crippen LogP contribution in [0.2, 0.25) is 0 Å². The van der Waals surface area contributed by atoms with Gasteiger partial charge in [-0.1, -0.05) is 6.07 Å². The number of nitrogens with zero attached hydrogens (tertiary/aromatic N) is 1. The summed E-state index contributed by atoms with van der Waals surface area (Å²) in [7, 11) is 0. The average molecular weight is 234 g/mol. The number of benzene rings is 1. The molecule has 0 aliphatic carbocycles. The minimum Gasteiger partial charge on any atom is -0.492 e. The van der Waals surface area contributed by atoms with E-state index in [-0.39, 0.29) is 0 Å². The van der Waals surface area contributed by atoms with Crippen LogP contribution in [0.4, 0.5) is 5.69 Å². The first-order valence-electron chi connectivity index (χ1n) is 6.56. The maximum atomic E-state index is 5.75. The summed E-state index contributed by atoms with van der Waals surface area (Å²) in [6.07, 6.45) is 3.49. The third kappa shape index (κ3) is 2.91. The van der Waals surface area contributed by atoms with Gasteiger partial charge in [0.25, 0.3) is 0 Å². The fraction of sp³-hybridized carbons (Fsp3) is 0.571. The minimum absolute atomic E-state index is 0.689. The lowest BCUT2D eigenvalue weighted by atomic mass is 10.1. The third-order valence-corrected chi connectivity index (χ3v) is 3.20. The molecule has 0 unspecified atom stereocenters. The Hall–Kier alpha value is -1.22. The molecule has 17 heavy (non-hydrogen) atoms. The van der Waals surface area contributed by atoms with Gasteiger partial charge in [-0.3, -0.25) is 0 Å². The van der Waals surface area contributed by atoms with Crippen molar-refractivity contribution in [2.75, 3.05) is 31.1 Å². The fourth-order valence-electron chi connectivity index (χ4n) is 2.37. The summed E-state index contributed by atoms with van der Waals surface area (Å²) in [4.78, 5) is 2.41. The third-order valence-electron chi connectivity index (χ3n) is 3.20. The zero-order valence-electron chi connectivity index (χ0n) is 10.6. The molecule has 1 aromatic carbocycles. The Labute approximate surface area is 104 Å². The van der Waals surface area contributed by atoms with Gasteiger partial charge in [0.1, 0.15) is 5.75 Å². The van der Waals surface area contributed by atoms with Crippen molar-refractivity contribution in [3.8, 4) is 5.75 Å². The highest BCUT2D eigenvalue weighted by atomic mass is 16.5. The molecule has 0 radical (unpaired) electrons. The molecule has 1 heterocycles. The summed E-state index contributed by atoms with van der Waals surface area (Å²) in [6, 6.07) is 6.49. The zero-order chi connectivity index (χ0) is 12.1. The predicted octanol–water partition coefficient (Wildman–Crippen LogP) is 2.19. The van der Waals surface area contributed by atoms with Crippen LogP contribution in [0.15, 0.2) is 18.2 Å². The Morgan fingerprint density at radius 1 is 1.29 bits per heavy atom. The molecule has 0 saturated carbocycles. The van der Waals surface area contributed by atoms with E-state index in [1.165, 1.54) is 24.1 Å². The van der Waals surface area contributed by atoms with Gasteiger partial charge in [-0.2, -0.15) is 0 Å². The van der Waals surface area contributed by atoms with Crippen molar-refractivity contribution in [2.24, 2.45) is 5.73 Å². The molecule has 0 spiro atoms. The van der Waals surface area contributed by atoms with Crippen molar-refractivity contribution in [3.63, 3.8) is 0 Å². The summed E-state index contributed by atoms with van der Waals surface area (Å²) >= 11 is 0. The first kappa shape index (κ1) is 12.2. The predicted molar refractivity (Wildman–Crippen MR) is 71.8 cm³/mol. The number of anilines is 1. The fourth-order valence-corrected chi connectivity index (χ4v) is 2.37. The Bertz CT molecular complexity index is 359. The van der Waals surface area contributed by atoms with E-state index < -0.39 is 0 Å². The van der Waals surface area contributed by atoms with E-state index in [4.69, 9.17) is 10.5 Å². The van der Waals surface area contributed by atoms with Crippen molar-refractivity contribution >= 4 is 5.69 Å². The quantitative estimate of drug-likeness (QED) is 0.848. The van der Waals surface area contributed by atoms with E-state index in [0.717, 1.165) is 25.3 Å². The van der Waals surface area contributed by atoms with Gasteiger partial charge in [-0.15, -0.1) is 0 Å². The molecular formula is C14H22N2O. The highest BCUT2D eigenvalue weighted by Gasteiger charge is 2.16. The van der Waals surface area contributed by atoms with Crippen molar-refractivity contribution in [1.82, 2.24) is 0 Å². The van der Waals surface area contributed by atoms with E-state index in [1.54, 1.807) is 0 Å². The number of nitrogens with two attached hydrogens (primary N) is 1. The second kappa shape index (κ2) is 5.92. The number of ether oxygens (including phenoxy) is 1. The van der Waals surface area contributed by atoms with Crippen LogP contribution in [0.1, 0.15) is 25.3 Å². The van der Waals surface area contributed by atoms with Crippen molar-refractivity contribution < 1.29 is 4.74 Å². The van der Waals surface area contributed by atoms with Gasteiger partial charge in [0.15, 0.2) is 0 Å². The van der Waals surface area contributed by atoms with Gasteiger partial charge < -0.3 is 15.4 Å². The van der Waals surface area contributed by atoms with Gasteiger partial charge in [0.05, 0.1) is 12.3 Å². The second-order valence-electron chi connectivity index (χ2n) is 4.47. The standard InChI is InChI=1S/C14H22N2O/c1-2-17-14-11-12(7-8-15)5-6-13(14)16-9-3-4-10-16/h5-6,11H,2-4,7-10,15H2,1H3. The van der Waals surface area contributed by atoms with Crippen molar-refractivity contribution in [1.29, 1.82) is 0 Å². The topological polar surface area (TPSA) is 38.5 Å². The molecule has 1 aliphatic rings. The molecule has 0 amide bonds. The van der Waals surface area contributed by atoms with E-state index >= 15 is 0 Å². The van der Waals surface area contributed by atoms with Gasteiger partial charge in [-0.05, 0) is 50.4 Å². The Morgan fingerprint density at radius 3 is 2.71 bits per heavy atom. The van der Waals surface area contributed by atoms with Crippen LogP contribution in [0.3, 0.4) is 0 Å². The summed E-state index contributed by atoms with van der Waals surface area (Å²) < 4.78 is 5.75. The summed E-state index contributed by atoms with van der Waals surface area (Å²) in [6.45, 7) is 5.73. The molecular weight excluding hydrogens is 212 g/mol. The van der Waals surface area contributed by atoms with Crippen LogP contribution >= 0.6 is 0 Å². The largest absolute Gasteiger partial charge is 0.492 e. The van der Waals surface area contributed by atoms with Crippen molar-refractivity contribution in [3.05, 3.63) is 23.8 Å². The van der Waals surface area contributed by atoms with Crippen LogP contribution in [0, 0.1) is 0 Å². The molecule has 3 nitrogen and oxygen atoms in total. The van der Waals surface area contributed by atoms with Crippen LogP contribution < -0.4 is 15.4 Å². The maximum Gasteiger partial charge on any atom is 0.142 e. The zero-order valence-corrected chi connectivity index (χ0v) is 10.6. The lowest BCUT2D eigenvalue weighted by Crippen LogP contribution is -2.18. The average Bonchev–Trinajstić information content (AvgIpc) is 2.84. The van der Waals surface area contributed by atoms with Gasteiger partial charge >= 0.3 is 0 Å². The Balaban J connectivity index is 2.23. The highest BCUT2D eigenvalue weighted by molar-refractivity contribution is 5.60. The number of hydrogen-bond donors (Lipinski definition) is 1. The van der Waals surface area contributed by atoms with Crippen LogP contribution in [-0.4, -0.2) is 26.2 Å². The molecule has 1 fully saturated rings. The van der Waals surface area contributed by atoms with E-state index in [1.807, 2.05) is 6.92 Å². The lowest BCUT2D eigenvalue weighted by Gasteiger charge is -2.21. The van der Waals surface area contributed by atoms with Gasteiger partial charge in [0.2, 0.25) is 0 Å². The minimum atomic E-state index is 0.689. The number of hydrogen-bond acceptors (Lipinski definition) is 3. The van der Waals surface area contributed by atoms with Crippen LogP contribution in [-0.2, 0) is 6.42 Å². The second-order valence-corrected chi connectivity index (χ2v) is 4.47. The van der Waals surface area contributed by atoms with E-state index in [2.05, 4.69) is 23.1 Å². The molecule has 1 saturated heterocycles. The first-order chi connectivity index (χ1) is 8.35. The summed E-state index contributed by atoms with van der Waals surface area (Å²) in [5.74, 6) is 1.01. The van der Waals surface area contributed by atoms with Gasteiger partial charge in [0, 0.05) is 13.1 Å². The van der Waals surface area contributed by atoms with Crippen LogP contribution in [0.25, 0.3) is 0 Å². The molecule has 0 atom stereocenters. The Kier molecular flexibility index (Phi) is 4.26. The summed E-state index contributed by atoms with van der Waals surface area (Å²) in [5.41, 5.74) is 8.10. The molecule has 2 N–H and O–H groups in total.